The van der Waals surface area contributed by atoms with Gasteiger partial charge >= 0.3 is 0 Å². The molecule has 1 saturated heterocycles. The molecule has 1 aromatic rings. The van der Waals surface area contributed by atoms with Gasteiger partial charge in [0.15, 0.2) is 0 Å². The van der Waals surface area contributed by atoms with E-state index in [1.807, 2.05) is 6.92 Å². The predicted octanol–water partition coefficient (Wildman–Crippen LogP) is 2.68. The van der Waals surface area contributed by atoms with Crippen molar-refractivity contribution >= 4 is 10.1 Å². The maximum Gasteiger partial charge on any atom is 0.296 e. The first kappa shape index (κ1) is 17.4. The molecule has 22 heavy (non-hydrogen) atoms. The molecule has 0 unspecified atom stereocenters. The van der Waals surface area contributed by atoms with Crippen LogP contribution in [0.25, 0.3) is 0 Å². The Balaban J connectivity index is 1.85. The monoisotopic (exact) mass is 328 g/mol. The SMILES string of the molecule is CCCCOC1(CCOS(=O)(=O)c2ccc(C)cc2)COC1. The van der Waals surface area contributed by atoms with Gasteiger partial charge in [0, 0.05) is 13.0 Å². The second-order valence-corrected chi connectivity index (χ2v) is 7.33. The van der Waals surface area contributed by atoms with Crippen molar-refractivity contribution in [2.75, 3.05) is 26.4 Å². The second kappa shape index (κ2) is 7.55. The van der Waals surface area contributed by atoms with Crippen molar-refractivity contribution in [3.63, 3.8) is 0 Å². The molecule has 1 aliphatic rings. The lowest BCUT2D eigenvalue weighted by Crippen LogP contribution is -2.52. The summed E-state index contributed by atoms with van der Waals surface area (Å²) in [6.07, 6.45) is 2.57. The topological polar surface area (TPSA) is 61.8 Å². The molecule has 0 bridgehead atoms. The Bertz CT molecular complexity index is 561. The van der Waals surface area contributed by atoms with Crippen LogP contribution < -0.4 is 0 Å². The average Bonchev–Trinajstić information content (AvgIpc) is 2.44. The standard InChI is InChI=1S/C16H24O5S/c1-3-4-10-20-16(12-19-13-16)9-11-21-22(17,18)15-7-5-14(2)6-8-15/h5-8H,3-4,9-13H2,1-2H3. The fraction of sp³-hybridized carbons (Fsp3) is 0.625. The van der Waals surface area contributed by atoms with E-state index in [0.29, 0.717) is 26.2 Å². The first-order chi connectivity index (χ1) is 10.5. The lowest BCUT2D eigenvalue weighted by atomic mass is 9.98. The van der Waals surface area contributed by atoms with E-state index in [-0.39, 0.29) is 17.1 Å². The number of ether oxygens (including phenoxy) is 2. The summed E-state index contributed by atoms with van der Waals surface area (Å²) in [6, 6.07) is 6.63. The van der Waals surface area contributed by atoms with Crippen molar-refractivity contribution in [1.29, 1.82) is 0 Å². The molecule has 124 valence electrons. The van der Waals surface area contributed by atoms with Crippen LogP contribution in [-0.2, 0) is 23.8 Å². The van der Waals surface area contributed by atoms with Crippen LogP contribution in [0.15, 0.2) is 29.2 Å². The molecular formula is C16H24O5S. The highest BCUT2D eigenvalue weighted by atomic mass is 32.2. The lowest BCUT2D eigenvalue weighted by Gasteiger charge is -2.41. The fourth-order valence-corrected chi connectivity index (χ4v) is 3.08. The molecule has 1 fully saturated rings. The summed E-state index contributed by atoms with van der Waals surface area (Å²) in [6.45, 7) is 5.79. The highest BCUT2D eigenvalue weighted by Gasteiger charge is 2.39. The van der Waals surface area contributed by atoms with E-state index in [4.69, 9.17) is 13.7 Å². The molecule has 0 aliphatic carbocycles. The van der Waals surface area contributed by atoms with Crippen molar-refractivity contribution in [3.8, 4) is 0 Å². The number of benzene rings is 1. The van der Waals surface area contributed by atoms with Gasteiger partial charge in [0.2, 0.25) is 0 Å². The van der Waals surface area contributed by atoms with Crippen molar-refractivity contribution in [3.05, 3.63) is 29.8 Å². The predicted molar refractivity (Wildman–Crippen MR) is 83.3 cm³/mol. The van der Waals surface area contributed by atoms with Gasteiger partial charge in [-0.15, -0.1) is 0 Å². The van der Waals surface area contributed by atoms with Gasteiger partial charge in [-0.25, -0.2) is 0 Å². The van der Waals surface area contributed by atoms with Gasteiger partial charge in [0.05, 0.1) is 24.7 Å². The van der Waals surface area contributed by atoms with Crippen LogP contribution in [0.5, 0.6) is 0 Å². The van der Waals surface area contributed by atoms with E-state index in [0.717, 1.165) is 18.4 Å². The third kappa shape index (κ3) is 4.52. The van der Waals surface area contributed by atoms with Crippen molar-refractivity contribution in [2.24, 2.45) is 0 Å². The quantitative estimate of drug-likeness (QED) is 0.515. The molecule has 5 nitrogen and oxygen atoms in total. The summed E-state index contributed by atoms with van der Waals surface area (Å²) in [5.74, 6) is 0. The maximum atomic E-state index is 12.1. The first-order valence-corrected chi connectivity index (χ1v) is 9.06. The Kier molecular flexibility index (Phi) is 5.97. The lowest BCUT2D eigenvalue weighted by molar-refractivity contribution is -0.215. The third-order valence-corrected chi connectivity index (χ3v) is 5.07. The van der Waals surface area contributed by atoms with Crippen molar-refractivity contribution in [2.45, 2.75) is 43.6 Å². The smallest absolute Gasteiger partial charge is 0.296 e. The van der Waals surface area contributed by atoms with Gasteiger partial charge < -0.3 is 9.47 Å². The largest absolute Gasteiger partial charge is 0.375 e. The minimum atomic E-state index is -3.71. The number of hydrogen-bond donors (Lipinski definition) is 0. The number of hydrogen-bond acceptors (Lipinski definition) is 5. The van der Waals surface area contributed by atoms with E-state index in [9.17, 15) is 8.42 Å². The Hall–Kier alpha value is -0.950. The van der Waals surface area contributed by atoms with E-state index in [2.05, 4.69) is 6.92 Å². The van der Waals surface area contributed by atoms with Gasteiger partial charge in [-0.1, -0.05) is 31.0 Å². The molecule has 1 aromatic carbocycles. The Morgan fingerprint density at radius 1 is 1.18 bits per heavy atom. The van der Waals surface area contributed by atoms with E-state index in [1.54, 1.807) is 24.3 Å². The highest BCUT2D eigenvalue weighted by molar-refractivity contribution is 7.86. The zero-order valence-electron chi connectivity index (χ0n) is 13.2. The van der Waals surface area contributed by atoms with Crippen LogP contribution >= 0.6 is 0 Å². The van der Waals surface area contributed by atoms with Crippen LogP contribution in [0, 0.1) is 6.92 Å². The molecule has 0 aromatic heterocycles. The van der Waals surface area contributed by atoms with Crippen molar-refractivity contribution < 1.29 is 22.1 Å². The Morgan fingerprint density at radius 2 is 1.86 bits per heavy atom. The zero-order chi connectivity index (χ0) is 16.1. The first-order valence-electron chi connectivity index (χ1n) is 7.65. The number of aryl methyl sites for hydroxylation is 1. The van der Waals surface area contributed by atoms with Gasteiger partial charge in [-0.2, -0.15) is 8.42 Å². The van der Waals surface area contributed by atoms with Crippen LogP contribution in [0.1, 0.15) is 31.7 Å². The molecule has 0 atom stereocenters. The normalized spacial score (nSPS) is 17.2. The van der Waals surface area contributed by atoms with Crippen LogP contribution in [0.4, 0.5) is 0 Å². The molecule has 1 heterocycles. The number of unbranched alkanes of at least 4 members (excludes halogenated alkanes) is 1. The highest BCUT2D eigenvalue weighted by Crippen LogP contribution is 2.27. The van der Waals surface area contributed by atoms with Crippen LogP contribution in [-0.4, -0.2) is 40.4 Å². The van der Waals surface area contributed by atoms with E-state index in [1.165, 1.54) is 0 Å². The molecule has 0 spiro atoms. The van der Waals surface area contributed by atoms with Crippen LogP contribution in [0.3, 0.4) is 0 Å². The Labute approximate surface area is 132 Å². The molecule has 6 heteroatoms. The maximum absolute atomic E-state index is 12.1. The minimum Gasteiger partial charge on any atom is -0.375 e. The fourth-order valence-electron chi connectivity index (χ4n) is 2.17. The molecule has 2 rings (SSSR count). The van der Waals surface area contributed by atoms with Gasteiger partial charge in [0.25, 0.3) is 10.1 Å². The Morgan fingerprint density at radius 3 is 2.41 bits per heavy atom. The molecule has 0 saturated carbocycles. The molecule has 0 N–H and O–H groups in total. The van der Waals surface area contributed by atoms with E-state index >= 15 is 0 Å². The minimum absolute atomic E-state index is 0.103. The summed E-state index contributed by atoms with van der Waals surface area (Å²) in [4.78, 5) is 0.184. The summed E-state index contributed by atoms with van der Waals surface area (Å²) in [7, 11) is -3.71. The molecule has 0 radical (unpaired) electrons. The average molecular weight is 328 g/mol. The van der Waals surface area contributed by atoms with Gasteiger partial charge in [-0.3, -0.25) is 4.18 Å². The summed E-state index contributed by atoms with van der Waals surface area (Å²) in [5, 5.41) is 0. The van der Waals surface area contributed by atoms with Crippen LogP contribution in [0.2, 0.25) is 0 Å². The summed E-state index contributed by atoms with van der Waals surface area (Å²) in [5.41, 5.74) is 0.631. The van der Waals surface area contributed by atoms with Gasteiger partial charge in [-0.05, 0) is 25.5 Å². The molecular weight excluding hydrogens is 304 g/mol. The third-order valence-electron chi connectivity index (χ3n) is 3.74. The van der Waals surface area contributed by atoms with Crippen molar-refractivity contribution in [1.82, 2.24) is 0 Å². The number of rotatable bonds is 9. The zero-order valence-corrected chi connectivity index (χ0v) is 14.0. The summed E-state index contributed by atoms with van der Waals surface area (Å²) >= 11 is 0. The second-order valence-electron chi connectivity index (χ2n) is 5.72. The summed E-state index contributed by atoms with van der Waals surface area (Å²) < 4.78 is 40.4. The molecule has 1 aliphatic heterocycles. The molecule has 0 amide bonds. The van der Waals surface area contributed by atoms with Gasteiger partial charge in [0.1, 0.15) is 5.60 Å². The van der Waals surface area contributed by atoms with E-state index < -0.39 is 10.1 Å².